The minimum Gasteiger partial charge on any atom is -0.478 e. The molecule has 0 aliphatic carbocycles. The molecule has 0 aromatic rings. The summed E-state index contributed by atoms with van der Waals surface area (Å²) in [6.07, 6.45) is 3.63. The summed E-state index contributed by atoms with van der Waals surface area (Å²) in [6, 6.07) is 0. The van der Waals surface area contributed by atoms with Crippen molar-refractivity contribution in [2.24, 2.45) is 0 Å². The third-order valence-corrected chi connectivity index (χ3v) is 1.71. The van der Waals surface area contributed by atoms with E-state index in [-0.39, 0.29) is 13.1 Å². The lowest BCUT2D eigenvalue weighted by Crippen LogP contribution is -2.28. The highest BCUT2D eigenvalue weighted by Crippen LogP contribution is 1.79. The number of rotatable bonds is 8. The van der Waals surface area contributed by atoms with Crippen LogP contribution in [-0.2, 0) is 19.2 Å². The molecule has 8 heteroatoms. The van der Waals surface area contributed by atoms with Crippen LogP contribution in [0.15, 0.2) is 24.3 Å². The second kappa shape index (κ2) is 9.40. The molecule has 0 bridgehead atoms. The lowest BCUT2D eigenvalue weighted by molar-refractivity contribution is -0.132. The number of aliphatic carboxylic acids is 2. The van der Waals surface area contributed by atoms with Crippen molar-refractivity contribution in [1.82, 2.24) is 10.6 Å². The fourth-order valence-corrected chi connectivity index (χ4v) is 0.923. The van der Waals surface area contributed by atoms with Gasteiger partial charge in [0, 0.05) is 37.4 Å². The summed E-state index contributed by atoms with van der Waals surface area (Å²) >= 11 is 0. The van der Waals surface area contributed by atoms with Gasteiger partial charge in [0.15, 0.2) is 0 Å². The van der Waals surface area contributed by atoms with Crippen molar-refractivity contribution in [3.05, 3.63) is 24.3 Å². The Morgan fingerprint density at radius 1 is 0.737 bits per heavy atom. The second-order valence-corrected chi connectivity index (χ2v) is 3.28. The Bertz CT molecular complexity index is 375. The number of carboxylic acid groups (broad SMARTS) is 2. The lowest BCUT2D eigenvalue weighted by atomic mass is 10.4. The van der Waals surface area contributed by atoms with Gasteiger partial charge in [-0.15, -0.1) is 0 Å². The monoisotopic (exact) mass is 270 g/mol. The van der Waals surface area contributed by atoms with Crippen LogP contribution in [0.4, 0.5) is 0 Å². The van der Waals surface area contributed by atoms with Crippen molar-refractivity contribution in [3.8, 4) is 0 Å². The Morgan fingerprint density at radius 2 is 1.11 bits per heavy atom. The Labute approximate surface area is 108 Å². The van der Waals surface area contributed by atoms with Crippen molar-refractivity contribution in [1.29, 1.82) is 0 Å². The average Bonchev–Trinajstić information content (AvgIpc) is 2.33. The smallest absolute Gasteiger partial charge is 0.328 e. The molecular weight excluding hydrogens is 256 g/mol. The predicted octanol–water partition coefficient (Wildman–Crippen LogP) is -1.11. The van der Waals surface area contributed by atoms with E-state index in [1.807, 2.05) is 0 Å². The minimum absolute atomic E-state index is 0.256. The first-order valence-electron chi connectivity index (χ1n) is 5.29. The molecule has 0 aliphatic rings. The van der Waals surface area contributed by atoms with E-state index in [0.717, 1.165) is 12.2 Å². The number of carbonyl (C=O) groups excluding carboxylic acids is 2. The molecule has 0 unspecified atom stereocenters. The van der Waals surface area contributed by atoms with Gasteiger partial charge in [-0.05, 0) is 6.42 Å². The van der Waals surface area contributed by atoms with Crippen LogP contribution >= 0.6 is 0 Å². The third-order valence-electron chi connectivity index (χ3n) is 1.71. The molecule has 0 aromatic heterocycles. The summed E-state index contributed by atoms with van der Waals surface area (Å²) in [5.41, 5.74) is 0. The van der Waals surface area contributed by atoms with Crippen molar-refractivity contribution >= 4 is 23.8 Å². The Kier molecular flexibility index (Phi) is 8.09. The first-order chi connectivity index (χ1) is 8.91. The van der Waals surface area contributed by atoms with E-state index >= 15 is 0 Å². The van der Waals surface area contributed by atoms with Crippen LogP contribution in [0.1, 0.15) is 6.42 Å². The van der Waals surface area contributed by atoms with Gasteiger partial charge in [-0.2, -0.15) is 0 Å². The number of carbonyl (C=O) groups is 4. The van der Waals surface area contributed by atoms with Crippen LogP contribution in [0.3, 0.4) is 0 Å². The zero-order valence-corrected chi connectivity index (χ0v) is 9.96. The van der Waals surface area contributed by atoms with Crippen LogP contribution in [0.5, 0.6) is 0 Å². The standard InChI is InChI=1S/C11H14N2O6/c14-8(2-4-10(16)17)12-6-1-7-13-9(15)3-5-11(18)19/h2-5H,1,6-7H2,(H,12,14)(H,13,15)(H,16,17)(H,18,19)/b4-2-,5-3?. The van der Waals surface area contributed by atoms with Crippen LogP contribution in [-0.4, -0.2) is 47.1 Å². The van der Waals surface area contributed by atoms with E-state index in [1.54, 1.807) is 0 Å². The van der Waals surface area contributed by atoms with Gasteiger partial charge < -0.3 is 20.8 Å². The van der Waals surface area contributed by atoms with E-state index < -0.39 is 23.8 Å². The van der Waals surface area contributed by atoms with E-state index in [0.29, 0.717) is 18.6 Å². The highest BCUT2D eigenvalue weighted by Gasteiger charge is 1.98. The van der Waals surface area contributed by atoms with Crippen LogP contribution < -0.4 is 10.6 Å². The number of nitrogens with one attached hydrogen (secondary N) is 2. The summed E-state index contributed by atoms with van der Waals surface area (Å²) in [5, 5.41) is 21.3. The topological polar surface area (TPSA) is 133 Å². The Hall–Kier alpha value is -2.64. The molecule has 2 amide bonds. The van der Waals surface area contributed by atoms with E-state index in [9.17, 15) is 19.2 Å². The average molecular weight is 270 g/mol. The quantitative estimate of drug-likeness (QED) is 0.326. The highest BCUT2D eigenvalue weighted by atomic mass is 16.4. The molecule has 0 fully saturated rings. The van der Waals surface area contributed by atoms with Crippen LogP contribution in [0, 0.1) is 0 Å². The van der Waals surface area contributed by atoms with Gasteiger partial charge >= 0.3 is 11.9 Å². The summed E-state index contributed by atoms with van der Waals surface area (Å²) in [5.74, 6) is -3.51. The van der Waals surface area contributed by atoms with Gasteiger partial charge in [-0.3, -0.25) is 9.59 Å². The summed E-state index contributed by atoms with van der Waals surface area (Å²) in [6.45, 7) is 0.511. The first kappa shape index (κ1) is 16.4. The molecule has 0 saturated heterocycles. The van der Waals surface area contributed by atoms with E-state index in [4.69, 9.17) is 10.2 Å². The van der Waals surface area contributed by atoms with Crippen molar-refractivity contribution in [3.63, 3.8) is 0 Å². The zero-order chi connectivity index (χ0) is 14.7. The number of hydrogen-bond donors (Lipinski definition) is 4. The van der Waals surface area contributed by atoms with E-state index in [1.165, 1.54) is 0 Å². The summed E-state index contributed by atoms with van der Waals surface area (Å²) in [4.78, 5) is 42.2. The fourth-order valence-electron chi connectivity index (χ4n) is 0.923. The van der Waals surface area contributed by atoms with Crippen molar-refractivity contribution < 1.29 is 29.4 Å². The predicted molar refractivity (Wildman–Crippen MR) is 64.2 cm³/mol. The highest BCUT2D eigenvalue weighted by molar-refractivity contribution is 5.94. The van der Waals surface area contributed by atoms with Gasteiger partial charge in [-0.1, -0.05) is 0 Å². The first-order valence-corrected chi connectivity index (χ1v) is 5.29. The molecule has 0 aromatic carbocycles. The maximum absolute atomic E-state index is 11.0. The van der Waals surface area contributed by atoms with Crippen molar-refractivity contribution in [2.75, 3.05) is 13.1 Å². The molecule has 8 nitrogen and oxygen atoms in total. The molecule has 0 aliphatic heterocycles. The molecule has 4 N–H and O–H groups in total. The fraction of sp³-hybridized carbons (Fsp3) is 0.273. The minimum atomic E-state index is -1.22. The van der Waals surface area contributed by atoms with E-state index in [2.05, 4.69) is 10.6 Å². The molecule has 0 radical (unpaired) electrons. The van der Waals surface area contributed by atoms with Gasteiger partial charge in [-0.25, -0.2) is 9.59 Å². The molecule has 104 valence electrons. The number of hydrogen-bond acceptors (Lipinski definition) is 4. The molecule has 19 heavy (non-hydrogen) atoms. The molecule has 0 atom stereocenters. The van der Waals surface area contributed by atoms with Crippen LogP contribution in [0.25, 0.3) is 0 Å². The summed E-state index contributed by atoms with van der Waals surface area (Å²) in [7, 11) is 0. The van der Waals surface area contributed by atoms with Gasteiger partial charge in [0.05, 0.1) is 0 Å². The normalized spacial score (nSPS) is 10.5. The van der Waals surface area contributed by atoms with Crippen molar-refractivity contribution in [2.45, 2.75) is 6.42 Å². The molecule has 0 rings (SSSR count). The Morgan fingerprint density at radius 3 is 1.42 bits per heavy atom. The maximum Gasteiger partial charge on any atom is 0.328 e. The molecule has 0 heterocycles. The molecule has 0 spiro atoms. The second-order valence-electron chi connectivity index (χ2n) is 3.28. The SMILES string of the molecule is O=C(O)C=CC(=O)NCCCNC(=O)/C=C\C(=O)O. The summed E-state index contributed by atoms with van der Waals surface area (Å²) < 4.78 is 0. The van der Waals surface area contributed by atoms with Gasteiger partial charge in [0.25, 0.3) is 0 Å². The molecule has 0 saturated carbocycles. The van der Waals surface area contributed by atoms with Gasteiger partial charge in [0.1, 0.15) is 0 Å². The number of amides is 2. The largest absolute Gasteiger partial charge is 0.478 e. The maximum atomic E-state index is 11.0. The zero-order valence-electron chi connectivity index (χ0n) is 9.96. The number of carboxylic acids is 2. The van der Waals surface area contributed by atoms with Crippen LogP contribution in [0.2, 0.25) is 0 Å². The Balaban J connectivity index is 3.65. The molecular formula is C11H14N2O6. The third kappa shape index (κ3) is 11.6. The van der Waals surface area contributed by atoms with Gasteiger partial charge in [0.2, 0.25) is 11.8 Å². The lowest BCUT2D eigenvalue weighted by Gasteiger charge is -2.03.